The average Bonchev–Trinajstić information content (AvgIpc) is 2.78. The number of aliphatic hydroxyl groups is 1. The maximum Gasteiger partial charge on any atom is 0.223 e. The molecule has 2 amide bonds. The van der Waals surface area contributed by atoms with Crippen LogP contribution in [0.25, 0.3) is 0 Å². The van der Waals surface area contributed by atoms with Gasteiger partial charge in [0.2, 0.25) is 11.8 Å². The lowest BCUT2D eigenvalue weighted by atomic mass is 9.51. The Bertz CT molecular complexity index is 770. The van der Waals surface area contributed by atoms with Gasteiger partial charge in [0.1, 0.15) is 0 Å². The van der Waals surface area contributed by atoms with Gasteiger partial charge < -0.3 is 20.5 Å². The van der Waals surface area contributed by atoms with Crippen molar-refractivity contribution in [1.29, 1.82) is 0 Å². The predicted octanol–water partition coefficient (Wildman–Crippen LogP) is 3.28. The SMILES string of the molecule is COCCC(=O)N[C@H]1CC[C@@]2(C)CC[C@@H]([C@H](C)C(=O)NCc3ccccc3)[C@H](O)[C@H]2[C@H]1C. The second-order valence-electron chi connectivity index (χ2n) is 10.2. The van der Waals surface area contributed by atoms with E-state index in [2.05, 4.69) is 24.5 Å². The normalized spacial score (nSPS) is 33.1. The summed E-state index contributed by atoms with van der Waals surface area (Å²) in [6.45, 7) is 7.27. The first-order chi connectivity index (χ1) is 15.3. The molecule has 32 heavy (non-hydrogen) atoms. The third-order valence-corrected chi connectivity index (χ3v) is 8.13. The van der Waals surface area contributed by atoms with Crippen LogP contribution in [0, 0.1) is 29.1 Å². The van der Waals surface area contributed by atoms with Crippen LogP contribution in [0.5, 0.6) is 0 Å². The second kappa shape index (κ2) is 10.8. The Morgan fingerprint density at radius 2 is 1.91 bits per heavy atom. The molecule has 2 saturated carbocycles. The van der Waals surface area contributed by atoms with E-state index in [1.165, 1.54) is 0 Å². The molecule has 178 valence electrons. The van der Waals surface area contributed by atoms with Crippen molar-refractivity contribution >= 4 is 11.8 Å². The molecule has 0 unspecified atom stereocenters. The Morgan fingerprint density at radius 3 is 2.59 bits per heavy atom. The van der Waals surface area contributed by atoms with Crippen LogP contribution in [0.3, 0.4) is 0 Å². The number of carbonyl (C=O) groups excluding carboxylic acids is 2. The fourth-order valence-electron chi connectivity index (χ4n) is 6.11. The molecule has 2 fully saturated rings. The van der Waals surface area contributed by atoms with Crippen molar-refractivity contribution in [2.45, 2.75) is 71.6 Å². The van der Waals surface area contributed by atoms with Gasteiger partial charge in [-0.05, 0) is 54.4 Å². The molecular weight excluding hydrogens is 404 g/mol. The van der Waals surface area contributed by atoms with Gasteiger partial charge in [0, 0.05) is 32.0 Å². The van der Waals surface area contributed by atoms with Gasteiger partial charge in [-0.1, -0.05) is 51.1 Å². The van der Waals surface area contributed by atoms with Gasteiger partial charge in [0.25, 0.3) is 0 Å². The van der Waals surface area contributed by atoms with Crippen molar-refractivity contribution < 1.29 is 19.4 Å². The molecule has 0 radical (unpaired) electrons. The molecule has 0 aliphatic heterocycles. The molecule has 1 aromatic carbocycles. The number of methoxy groups -OCH3 is 1. The van der Waals surface area contributed by atoms with Gasteiger partial charge >= 0.3 is 0 Å². The van der Waals surface area contributed by atoms with Crippen molar-refractivity contribution in [3.05, 3.63) is 35.9 Å². The minimum absolute atomic E-state index is 0.00260. The molecule has 0 bridgehead atoms. The summed E-state index contributed by atoms with van der Waals surface area (Å²) in [5.74, 6) is -0.127. The number of fused-ring (bicyclic) bond motifs is 1. The predicted molar refractivity (Wildman–Crippen MR) is 125 cm³/mol. The zero-order valence-electron chi connectivity index (χ0n) is 20.0. The first-order valence-electron chi connectivity index (χ1n) is 12.0. The number of nitrogens with one attached hydrogen (secondary N) is 2. The lowest BCUT2D eigenvalue weighted by Gasteiger charge is -2.56. The van der Waals surface area contributed by atoms with Crippen LogP contribution in [0.2, 0.25) is 0 Å². The monoisotopic (exact) mass is 444 g/mol. The molecule has 6 nitrogen and oxygen atoms in total. The van der Waals surface area contributed by atoms with Crippen LogP contribution >= 0.6 is 0 Å². The second-order valence-corrected chi connectivity index (χ2v) is 10.2. The highest BCUT2D eigenvalue weighted by atomic mass is 16.5. The first kappa shape index (κ1) is 24.7. The molecule has 0 saturated heterocycles. The number of ether oxygens (including phenoxy) is 1. The molecule has 7 atom stereocenters. The number of hydrogen-bond donors (Lipinski definition) is 3. The van der Waals surface area contributed by atoms with Crippen molar-refractivity contribution in [2.24, 2.45) is 29.1 Å². The summed E-state index contributed by atoms with van der Waals surface area (Å²) in [7, 11) is 1.59. The number of aliphatic hydroxyl groups excluding tert-OH is 1. The number of benzene rings is 1. The third kappa shape index (κ3) is 5.52. The van der Waals surface area contributed by atoms with E-state index in [0.717, 1.165) is 31.2 Å². The maximum atomic E-state index is 12.9. The number of amides is 2. The Labute approximate surface area is 192 Å². The van der Waals surface area contributed by atoms with Crippen LogP contribution < -0.4 is 10.6 Å². The number of hydrogen-bond acceptors (Lipinski definition) is 4. The van der Waals surface area contributed by atoms with Crippen LogP contribution in [0.15, 0.2) is 30.3 Å². The van der Waals surface area contributed by atoms with Gasteiger partial charge in [-0.3, -0.25) is 9.59 Å². The fraction of sp³-hybridized carbons (Fsp3) is 0.692. The van der Waals surface area contributed by atoms with E-state index in [-0.39, 0.29) is 46.9 Å². The average molecular weight is 445 g/mol. The molecule has 2 aliphatic rings. The molecule has 3 rings (SSSR count). The van der Waals surface area contributed by atoms with Crippen molar-refractivity contribution in [1.82, 2.24) is 10.6 Å². The lowest BCUT2D eigenvalue weighted by molar-refractivity contribution is -0.144. The van der Waals surface area contributed by atoms with E-state index in [1.54, 1.807) is 7.11 Å². The molecule has 1 aromatic rings. The fourth-order valence-corrected chi connectivity index (χ4v) is 6.11. The molecule has 0 heterocycles. The van der Waals surface area contributed by atoms with E-state index in [9.17, 15) is 14.7 Å². The van der Waals surface area contributed by atoms with Gasteiger partial charge in [-0.15, -0.1) is 0 Å². The zero-order chi connectivity index (χ0) is 23.3. The largest absolute Gasteiger partial charge is 0.392 e. The minimum Gasteiger partial charge on any atom is -0.392 e. The molecule has 0 spiro atoms. The van der Waals surface area contributed by atoms with E-state index >= 15 is 0 Å². The molecule has 6 heteroatoms. The zero-order valence-corrected chi connectivity index (χ0v) is 20.0. The van der Waals surface area contributed by atoms with Crippen molar-refractivity contribution in [3.63, 3.8) is 0 Å². The van der Waals surface area contributed by atoms with Crippen molar-refractivity contribution in [3.8, 4) is 0 Å². The Balaban J connectivity index is 1.64. The highest BCUT2D eigenvalue weighted by Gasteiger charge is 2.53. The summed E-state index contributed by atoms with van der Waals surface area (Å²) in [5.41, 5.74) is 1.11. The summed E-state index contributed by atoms with van der Waals surface area (Å²) in [4.78, 5) is 25.2. The Morgan fingerprint density at radius 1 is 1.22 bits per heavy atom. The van der Waals surface area contributed by atoms with E-state index < -0.39 is 6.10 Å². The standard InChI is InChI=1S/C26H40N2O4/c1-17(25(31)27-16-19-8-6-5-7-9-19)20-10-13-26(3)14-11-21(18(2)23(26)24(20)30)28-22(29)12-15-32-4/h5-9,17-18,20-21,23-24,30H,10-16H2,1-4H3,(H,27,31)(H,28,29)/t17-,18-,20-,21-,23+,24-,26+/m0/s1. The molecule has 2 aliphatic carbocycles. The molecule has 3 N–H and O–H groups in total. The minimum atomic E-state index is -0.556. The Hall–Kier alpha value is -1.92. The van der Waals surface area contributed by atoms with Gasteiger partial charge in [0.15, 0.2) is 0 Å². The van der Waals surface area contributed by atoms with E-state index in [1.807, 2.05) is 37.3 Å². The van der Waals surface area contributed by atoms with E-state index in [4.69, 9.17) is 4.74 Å². The lowest BCUT2D eigenvalue weighted by Crippen LogP contribution is -2.58. The van der Waals surface area contributed by atoms with Crippen LogP contribution in [0.4, 0.5) is 0 Å². The maximum absolute atomic E-state index is 12.9. The number of carbonyl (C=O) groups is 2. The highest BCUT2D eigenvalue weighted by molar-refractivity contribution is 5.78. The van der Waals surface area contributed by atoms with Crippen LogP contribution in [-0.4, -0.2) is 42.8 Å². The van der Waals surface area contributed by atoms with Gasteiger partial charge in [0.05, 0.1) is 12.7 Å². The van der Waals surface area contributed by atoms with Gasteiger partial charge in [-0.25, -0.2) is 0 Å². The smallest absolute Gasteiger partial charge is 0.223 e. The summed E-state index contributed by atoms with van der Waals surface area (Å²) in [6, 6.07) is 9.93. The molecule has 0 aromatic heterocycles. The summed E-state index contributed by atoms with van der Waals surface area (Å²) in [5, 5.41) is 17.7. The summed E-state index contributed by atoms with van der Waals surface area (Å²) in [6.07, 6.45) is 3.56. The highest BCUT2D eigenvalue weighted by Crippen LogP contribution is 2.55. The third-order valence-electron chi connectivity index (χ3n) is 8.13. The Kier molecular flexibility index (Phi) is 8.34. The van der Waals surface area contributed by atoms with Crippen molar-refractivity contribution in [2.75, 3.05) is 13.7 Å². The quantitative estimate of drug-likeness (QED) is 0.574. The van der Waals surface area contributed by atoms with Crippen LogP contribution in [-0.2, 0) is 20.9 Å². The topological polar surface area (TPSA) is 87.7 Å². The summed E-state index contributed by atoms with van der Waals surface area (Å²) < 4.78 is 5.02. The molecular formula is C26H40N2O4. The first-order valence-corrected chi connectivity index (χ1v) is 12.0. The van der Waals surface area contributed by atoms with Crippen LogP contribution in [0.1, 0.15) is 58.4 Å². The van der Waals surface area contributed by atoms with E-state index in [0.29, 0.717) is 19.6 Å². The van der Waals surface area contributed by atoms with Gasteiger partial charge in [-0.2, -0.15) is 0 Å². The number of rotatable bonds is 8. The summed E-state index contributed by atoms with van der Waals surface area (Å²) >= 11 is 0.